The van der Waals surface area contributed by atoms with E-state index < -0.39 is 5.69 Å². The maximum Gasteiger partial charge on any atom is 0.244 e. The molecule has 0 aromatic carbocycles. The summed E-state index contributed by atoms with van der Waals surface area (Å²) in [5.74, 6) is 0. The van der Waals surface area contributed by atoms with Gasteiger partial charge in [-0.2, -0.15) is 0 Å². The van der Waals surface area contributed by atoms with Gasteiger partial charge in [-0.05, 0) is 11.8 Å². The highest BCUT2D eigenvalue weighted by molar-refractivity contribution is 8.68. The van der Waals surface area contributed by atoms with Gasteiger partial charge in [0, 0.05) is 11.9 Å². The van der Waals surface area contributed by atoms with E-state index in [0.29, 0.717) is 0 Å². The maximum atomic E-state index is 9.33. The summed E-state index contributed by atoms with van der Waals surface area (Å²) in [6.07, 6.45) is 0. The van der Waals surface area contributed by atoms with Crippen molar-refractivity contribution in [2.75, 3.05) is 7.11 Å². The average Bonchev–Trinajstić information content (AvgIpc) is 1.60. The SMILES string of the molecule is COP(O)(=S)SC(C)(C)C. The molecule has 1 atom stereocenters. The van der Waals surface area contributed by atoms with Crippen LogP contribution in [-0.2, 0) is 16.3 Å². The minimum atomic E-state index is -2.54. The lowest BCUT2D eigenvalue weighted by Gasteiger charge is -2.22. The van der Waals surface area contributed by atoms with Gasteiger partial charge in [0.2, 0.25) is 5.69 Å². The summed E-state index contributed by atoms with van der Waals surface area (Å²) in [5, 5.41) is 0. The fraction of sp³-hybridized carbons (Fsp3) is 1.00. The molecule has 1 N–H and O–H groups in total. The fourth-order valence-corrected chi connectivity index (χ4v) is 5.46. The number of hydrogen-bond acceptors (Lipinski definition) is 3. The molecule has 0 saturated carbocycles. The van der Waals surface area contributed by atoms with E-state index in [2.05, 4.69) is 0 Å². The van der Waals surface area contributed by atoms with Gasteiger partial charge in [-0.25, -0.2) is 0 Å². The van der Waals surface area contributed by atoms with E-state index in [1.54, 1.807) is 0 Å². The Morgan fingerprint density at radius 1 is 1.50 bits per heavy atom. The van der Waals surface area contributed by atoms with E-state index in [9.17, 15) is 4.89 Å². The van der Waals surface area contributed by atoms with Crippen LogP contribution >= 0.6 is 17.1 Å². The molecule has 0 saturated heterocycles. The van der Waals surface area contributed by atoms with E-state index in [4.69, 9.17) is 16.3 Å². The number of hydrogen-bond donors (Lipinski definition) is 1. The van der Waals surface area contributed by atoms with Crippen molar-refractivity contribution < 1.29 is 9.42 Å². The molecule has 0 aromatic rings. The van der Waals surface area contributed by atoms with Crippen molar-refractivity contribution in [1.29, 1.82) is 0 Å². The van der Waals surface area contributed by atoms with Gasteiger partial charge in [-0.3, -0.25) is 0 Å². The Morgan fingerprint density at radius 3 is 2.00 bits per heavy atom. The minimum Gasteiger partial charge on any atom is -0.337 e. The van der Waals surface area contributed by atoms with Crippen LogP contribution < -0.4 is 0 Å². The first-order valence-corrected chi connectivity index (χ1v) is 6.95. The molecule has 1 unspecified atom stereocenters. The smallest absolute Gasteiger partial charge is 0.244 e. The Labute approximate surface area is 71.3 Å². The molecular formula is C5H13O2PS2. The van der Waals surface area contributed by atoms with Crippen LogP contribution in [-0.4, -0.2) is 16.8 Å². The molecule has 0 amide bonds. The first-order valence-electron chi connectivity index (χ1n) is 2.86. The van der Waals surface area contributed by atoms with Crippen molar-refractivity contribution in [2.24, 2.45) is 0 Å². The quantitative estimate of drug-likeness (QED) is 0.693. The highest BCUT2D eigenvalue weighted by Crippen LogP contribution is 2.60. The van der Waals surface area contributed by atoms with Gasteiger partial charge >= 0.3 is 0 Å². The van der Waals surface area contributed by atoms with Gasteiger partial charge in [-0.1, -0.05) is 32.2 Å². The van der Waals surface area contributed by atoms with Crippen molar-refractivity contribution >= 4 is 28.9 Å². The molecule has 0 heterocycles. The minimum absolute atomic E-state index is 0.0275. The third kappa shape index (κ3) is 5.69. The van der Waals surface area contributed by atoms with Gasteiger partial charge in [0.05, 0.1) is 0 Å². The molecule has 0 aliphatic carbocycles. The third-order valence-corrected chi connectivity index (χ3v) is 5.76. The topological polar surface area (TPSA) is 29.5 Å². The van der Waals surface area contributed by atoms with Gasteiger partial charge in [0.1, 0.15) is 0 Å². The Morgan fingerprint density at radius 2 is 1.90 bits per heavy atom. The normalized spacial score (nSPS) is 18.5. The van der Waals surface area contributed by atoms with Crippen molar-refractivity contribution in [3.05, 3.63) is 0 Å². The van der Waals surface area contributed by atoms with Crippen molar-refractivity contribution in [3.63, 3.8) is 0 Å². The second kappa shape index (κ2) is 3.55. The van der Waals surface area contributed by atoms with Crippen LogP contribution in [0.25, 0.3) is 0 Å². The molecule has 0 radical (unpaired) electrons. The summed E-state index contributed by atoms with van der Waals surface area (Å²) in [6.45, 7) is 5.98. The molecule has 0 fully saturated rings. The Kier molecular flexibility index (Phi) is 3.87. The second-order valence-corrected chi connectivity index (χ2v) is 9.78. The van der Waals surface area contributed by atoms with Gasteiger partial charge < -0.3 is 9.42 Å². The van der Waals surface area contributed by atoms with E-state index in [-0.39, 0.29) is 4.75 Å². The molecule has 0 aliphatic heterocycles. The Hall–Kier alpha value is 0.920. The molecular weight excluding hydrogens is 187 g/mol. The van der Waals surface area contributed by atoms with Crippen molar-refractivity contribution in [2.45, 2.75) is 25.5 Å². The average molecular weight is 200 g/mol. The van der Waals surface area contributed by atoms with E-state index in [0.717, 1.165) is 0 Å². The summed E-state index contributed by atoms with van der Waals surface area (Å²) < 4.78 is 4.73. The monoisotopic (exact) mass is 200 g/mol. The summed E-state index contributed by atoms with van der Waals surface area (Å²) >= 11 is 6.12. The Balaban J connectivity index is 4.03. The molecule has 2 nitrogen and oxygen atoms in total. The predicted octanol–water partition coefficient (Wildman–Crippen LogP) is 2.38. The van der Waals surface area contributed by atoms with Crippen LogP contribution in [0.3, 0.4) is 0 Å². The molecule has 0 rings (SSSR count). The molecule has 0 aliphatic rings. The maximum absolute atomic E-state index is 9.33. The van der Waals surface area contributed by atoms with Gasteiger partial charge in [-0.15, -0.1) is 0 Å². The lowest BCUT2D eigenvalue weighted by Crippen LogP contribution is -2.06. The largest absolute Gasteiger partial charge is 0.337 e. The highest BCUT2D eigenvalue weighted by Gasteiger charge is 2.22. The molecule has 0 bridgehead atoms. The van der Waals surface area contributed by atoms with Gasteiger partial charge in [0.25, 0.3) is 0 Å². The molecule has 0 spiro atoms. The zero-order valence-electron chi connectivity index (χ0n) is 6.62. The zero-order valence-corrected chi connectivity index (χ0v) is 9.15. The molecule has 0 aromatic heterocycles. The zero-order chi connectivity index (χ0) is 8.41. The van der Waals surface area contributed by atoms with E-state index in [1.807, 2.05) is 20.8 Å². The fourth-order valence-electron chi connectivity index (χ4n) is 0.383. The van der Waals surface area contributed by atoms with Crippen LogP contribution in [0.2, 0.25) is 0 Å². The standard InChI is InChI=1S/C5H13O2PS2/c1-5(2,3)10-8(6,9)7-4/h1-4H3,(H,6,9). The lowest BCUT2D eigenvalue weighted by molar-refractivity contribution is 0.404. The first kappa shape index (κ1) is 10.9. The van der Waals surface area contributed by atoms with Gasteiger partial charge in [0.15, 0.2) is 0 Å². The first-order chi connectivity index (χ1) is 4.27. The summed E-state index contributed by atoms with van der Waals surface area (Å²) in [4.78, 5) is 9.33. The summed E-state index contributed by atoms with van der Waals surface area (Å²) in [7, 11) is 1.44. The van der Waals surface area contributed by atoms with Crippen LogP contribution in [0, 0.1) is 0 Å². The van der Waals surface area contributed by atoms with Crippen LogP contribution in [0.4, 0.5) is 0 Å². The van der Waals surface area contributed by atoms with E-state index >= 15 is 0 Å². The summed E-state index contributed by atoms with van der Waals surface area (Å²) in [5.41, 5.74) is -2.54. The van der Waals surface area contributed by atoms with Crippen LogP contribution in [0.15, 0.2) is 0 Å². The highest BCUT2D eigenvalue weighted by atomic mass is 32.9. The number of rotatable bonds is 2. The van der Waals surface area contributed by atoms with Crippen molar-refractivity contribution in [3.8, 4) is 0 Å². The van der Waals surface area contributed by atoms with Crippen LogP contribution in [0.5, 0.6) is 0 Å². The van der Waals surface area contributed by atoms with E-state index in [1.165, 1.54) is 18.5 Å². The van der Waals surface area contributed by atoms with Crippen molar-refractivity contribution in [1.82, 2.24) is 0 Å². The summed E-state index contributed by atoms with van der Waals surface area (Å²) in [6, 6.07) is 0. The van der Waals surface area contributed by atoms with Crippen LogP contribution in [0.1, 0.15) is 20.8 Å². The lowest BCUT2D eigenvalue weighted by atomic mass is 10.3. The predicted molar refractivity (Wildman–Crippen MR) is 50.9 cm³/mol. The molecule has 5 heteroatoms. The Bertz CT molecular complexity index is 152. The second-order valence-electron chi connectivity index (χ2n) is 2.85. The molecule has 62 valence electrons. The third-order valence-electron chi connectivity index (χ3n) is 0.620. The molecule has 10 heavy (non-hydrogen) atoms.